The molecule has 1 saturated heterocycles. The standard InChI is InChI=1S/C25H24N4O4/c30-25(23-16-32-21-5-1-2-6-22(21)33-23)29-15-17-4-3-9-26-24(17)27-19-8-7-18(14-20(19)29)28-10-12-31-13-11-28/h1-9,14,23H,10-13,15-16H2,(H,26,27)/t23-/m1/s1. The van der Waals surface area contributed by atoms with E-state index in [4.69, 9.17) is 14.2 Å². The highest BCUT2D eigenvalue weighted by atomic mass is 16.6. The van der Waals surface area contributed by atoms with Crippen molar-refractivity contribution in [3.05, 3.63) is 66.4 Å². The average Bonchev–Trinajstić information content (AvgIpc) is 3.05. The average molecular weight is 444 g/mol. The molecule has 3 aliphatic heterocycles. The van der Waals surface area contributed by atoms with Crippen LogP contribution in [0, 0.1) is 0 Å². The Morgan fingerprint density at radius 2 is 1.88 bits per heavy atom. The fourth-order valence-corrected chi connectivity index (χ4v) is 4.44. The maximum atomic E-state index is 13.8. The minimum atomic E-state index is -0.738. The van der Waals surface area contributed by atoms with Crippen LogP contribution in [0.2, 0.25) is 0 Å². The largest absolute Gasteiger partial charge is 0.485 e. The van der Waals surface area contributed by atoms with E-state index < -0.39 is 6.10 Å². The second-order valence-electron chi connectivity index (χ2n) is 8.23. The third-order valence-corrected chi connectivity index (χ3v) is 6.17. The molecule has 4 heterocycles. The molecular formula is C25H24N4O4. The van der Waals surface area contributed by atoms with Crippen molar-refractivity contribution < 1.29 is 19.0 Å². The summed E-state index contributed by atoms with van der Waals surface area (Å²) in [5.41, 5.74) is 3.62. The molecule has 1 aromatic heterocycles. The zero-order chi connectivity index (χ0) is 22.2. The third-order valence-electron chi connectivity index (χ3n) is 6.17. The summed E-state index contributed by atoms with van der Waals surface area (Å²) in [6.45, 7) is 3.57. The zero-order valence-corrected chi connectivity index (χ0v) is 18.1. The van der Waals surface area contributed by atoms with E-state index in [2.05, 4.69) is 27.3 Å². The molecule has 8 heteroatoms. The van der Waals surface area contributed by atoms with E-state index in [0.717, 1.165) is 41.5 Å². The van der Waals surface area contributed by atoms with Crippen LogP contribution in [0.4, 0.5) is 22.9 Å². The maximum Gasteiger partial charge on any atom is 0.272 e. The Morgan fingerprint density at radius 3 is 2.76 bits per heavy atom. The van der Waals surface area contributed by atoms with Crippen LogP contribution in [0.1, 0.15) is 5.56 Å². The van der Waals surface area contributed by atoms with Gasteiger partial charge in [0.05, 0.1) is 31.1 Å². The number of pyridine rings is 1. The number of morpholine rings is 1. The summed E-state index contributed by atoms with van der Waals surface area (Å²) in [6.07, 6.45) is 1.01. The Kier molecular flexibility index (Phi) is 4.99. The van der Waals surface area contributed by atoms with E-state index in [1.54, 1.807) is 11.1 Å². The normalized spacial score (nSPS) is 19.1. The Labute approximate surface area is 191 Å². The van der Waals surface area contributed by atoms with Crippen molar-refractivity contribution in [2.75, 3.05) is 48.0 Å². The molecular weight excluding hydrogens is 420 g/mol. The number of rotatable bonds is 2. The lowest BCUT2D eigenvalue weighted by Gasteiger charge is -2.32. The summed E-state index contributed by atoms with van der Waals surface area (Å²) >= 11 is 0. The first-order chi connectivity index (χ1) is 16.3. The Bertz CT molecular complexity index is 1190. The summed E-state index contributed by atoms with van der Waals surface area (Å²) in [7, 11) is 0. The van der Waals surface area contributed by atoms with E-state index in [1.165, 1.54) is 0 Å². The second-order valence-corrected chi connectivity index (χ2v) is 8.23. The van der Waals surface area contributed by atoms with Gasteiger partial charge in [-0.05, 0) is 36.4 Å². The number of carbonyl (C=O) groups excluding carboxylic acids is 1. The summed E-state index contributed by atoms with van der Waals surface area (Å²) < 4.78 is 17.4. The highest BCUT2D eigenvalue weighted by Gasteiger charge is 2.34. The first-order valence-corrected chi connectivity index (χ1v) is 11.1. The predicted octanol–water partition coefficient (Wildman–Crippen LogP) is 3.35. The molecule has 0 bridgehead atoms. The summed E-state index contributed by atoms with van der Waals surface area (Å²) in [4.78, 5) is 22.4. The smallest absolute Gasteiger partial charge is 0.272 e. The molecule has 6 rings (SSSR count). The first kappa shape index (κ1) is 19.9. The van der Waals surface area contributed by atoms with Crippen LogP contribution in [0.25, 0.3) is 0 Å². The lowest BCUT2D eigenvalue weighted by Crippen LogP contribution is -2.46. The lowest BCUT2D eigenvalue weighted by molar-refractivity contribution is -0.127. The quantitative estimate of drug-likeness (QED) is 0.650. The van der Waals surface area contributed by atoms with Gasteiger partial charge in [0.2, 0.25) is 6.10 Å². The monoisotopic (exact) mass is 444 g/mol. The molecule has 8 nitrogen and oxygen atoms in total. The number of hydrogen-bond donors (Lipinski definition) is 1. The summed E-state index contributed by atoms with van der Waals surface area (Å²) in [5.74, 6) is 1.84. The molecule has 0 radical (unpaired) electrons. The van der Waals surface area contributed by atoms with E-state index in [0.29, 0.717) is 31.3 Å². The minimum absolute atomic E-state index is 0.150. The van der Waals surface area contributed by atoms with E-state index in [-0.39, 0.29) is 12.5 Å². The van der Waals surface area contributed by atoms with E-state index in [9.17, 15) is 4.79 Å². The molecule has 0 spiro atoms. The van der Waals surface area contributed by atoms with Crippen molar-refractivity contribution in [1.82, 2.24) is 4.98 Å². The highest BCUT2D eigenvalue weighted by Crippen LogP contribution is 2.39. The van der Waals surface area contributed by atoms with Gasteiger partial charge in [0.25, 0.3) is 5.91 Å². The molecule has 168 valence electrons. The zero-order valence-electron chi connectivity index (χ0n) is 18.1. The number of nitrogens with zero attached hydrogens (tertiary/aromatic N) is 3. The molecule has 1 fully saturated rings. The molecule has 0 unspecified atom stereocenters. The van der Waals surface area contributed by atoms with Gasteiger partial charge in [-0.1, -0.05) is 18.2 Å². The van der Waals surface area contributed by atoms with Gasteiger partial charge in [-0.2, -0.15) is 0 Å². The molecule has 1 amide bonds. The number of nitrogens with one attached hydrogen (secondary N) is 1. The Morgan fingerprint density at radius 1 is 1.03 bits per heavy atom. The maximum absolute atomic E-state index is 13.8. The molecule has 1 N–H and O–H groups in total. The Hall–Kier alpha value is -3.78. The fourth-order valence-electron chi connectivity index (χ4n) is 4.44. The van der Waals surface area contributed by atoms with E-state index >= 15 is 0 Å². The number of benzene rings is 2. The number of hydrogen-bond acceptors (Lipinski definition) is 7. The second kappa shape index (κ2) is 8.29. The molecule has 33 heavy (non-hydrogen) atoms. The SMILES string of the molecule is O=C([C@H]1COc2ccccc2O1)N1Cc2cccnc2Nc2ccc(N3CCOCC3)cc21. The first-order valence-electron chi connectivity index (χ1n) is 11.1. The van der Waals surface area contributed by atoms with Crippen molar-refractivity contribution in [3.63, 3.8) is 0 Å². The Balaban J connectivity index is 1.38. The number of amides is 1. The molecule has 0 saturated carbocycles. The number of carbonyl (C=O) groups is 1. The van der Waals surface area contributed by atoms with Crippen molar-refractivity contribution in [1.29, 1.82) is 0 Å². The van der Waals surface area contributed by atoms with Gasteiger partial charge >= 0.3 is 0 Å². The van der Waals surface area contributed by atoms with Crippen LogP contribution in [0.3, 0.4) is 0 Å². The van der Waals surface area contributed by atoms with Crippen LogP contribution in [-0.2, 0) is 16.1 Å². The van der Waals surface area contributed by atoms with Crippen LogP contribution in [0.15, 0.2) is 60.8 Å². The van der Waals surface area contributed by atoms with Gasteiger partial charge in [0.1, 0.15) is 12.4 Å². The minimum Gasteiger partial charge on any atom is -0.485 e. The molecule has 2 aromatic carbocycles. The van der Waals surface area contributed by atoms with Gasteiger partial charge in [-0.15, -0.1) is 0 Å². The van der Waals surface area contributed by atoms with Gasteiger partial charge in [-0.3, -0.25) is 4.79 Å². The topological polar surface area (TPSA) is 76.2 Å². The van der Waals surface area contributed by atoms with Crippen LogP contribution >= 0.6 is 0 Å². The number of aromatic nitrogens is 1. The van der Waals surface area contributed by atoms with Crippen LogP contribution in [0.5, 0.6) is 11.5 Å². The molecule has 3 aliphatic rings. The van der Waals surface area contributed by atoms with Gasteiger partial charge in [-0.25, -0.2) is 4.98 Å². The summed E-state index contributed by atoms with van der Waals surface area (Å²) in [5, 5.41) is 3.42. The van der Waals surface area contributed by atoms with Gasteiger partial charge in [0.15, 0.2) is 11.5 Å². The van der Waals surface area contributed by atoms with Gasteiger partial charge < -0.3 is 29.3 Å². The van der Waals surface area contributed by atoms with Crippen molar-refractivity contribution in [3.8, 4) is 11.5 Å². The predicted molar refractivity (Wildman–Crippen MR) is 125 cm³/mol. The van der Waals surface area contributed by atoms with Crippen LogP contribution in [-0.4, -0.2) is 49.9 Å². The number of ether oxygens (including phenoxy) is 3. The highest BCUT2D eigenvalue weighted by molar-refractivity contribution is 6.01. The van der Waals surface area contributed by atoms with Crippen LogP contribution < -0.4 is 24.6 Å². The number of fused-ring (bicyclic) bond motifs is 3. The fraction of sp³-hybridized carbons (Fsp3) is 0.280. The molecule has 0 aliphatic carbocycles. The third kappa shape index (κ3) is 3.72. The van der Waals surface area contributed by atoms with E-state index in [1.807, 2.05) is 42.5 Å². The lowest BCUT2D eigenvalue weighted by atomic mass is 10.1. The number of anilines is 4. The molecule has 3 aromatic rings. The van der Waals surface area contributed by atoms with Crippen molar-refractivity contribution in [2.45, 2.75) is 12.6 Å². The summed E-state index contributed by atoms with van der Waals surface area (Å²) in [6, 6.07) is 17.4. The number of para-hydroxylation sites is 2. The molecule has 1 atom stereocenters. The van der Waals surface area contributed by atoms with Crippen molar-refractivity contribution in [2.24, 2.45) is 0 Å². The van der Waals surface area contributed by atoms with Crippen molar-refractivity contribution >= 4 is 28.8 Å². The van der Waals surface area contributed by atoms with Gasteiger partial charge in [0, 0.05) is 30.5 Å².